The molecular formula is C22H13ClF3N4O+. The summed E-state index contributed by atoms with van der Waals surface area (Å²) in [7, 11) is 0. The Morgan fingerprint density at radius 3 is 2.74 bits per heavy atom. The van der Waals surface area contributed by atoms with Crippen LogP contribution in [0.15, 0.2) is 65.4 Å². The van der Waals surface area contributed by atoms with Crippen LogP contribution in [0.4, 0.5) is 13.2 Å². The number of H-pyrrole nitrogens is 1. The maximum Gasteiger partial charge on any atom is 0.208 e. The zero-order valence-corrected chi connectivity index (χ0v) is 16.5. The van der Waals surface area contributed by atoms with Crippen LogP contribution < -0.4 is 4.57 Å². The van der Waals surface area contributed by atoms with Crippen molar-refractivity contribution >= 4 is 22.6 Å². The molecule has 0 atom stereocenters. The normalized spacial score (nSPS) is 11.4. The smallest absolute Gasteiger partial charge is 0.208 e. The van der Waals surface area contributed by atoms with E-state index in [9.17, 15) is 13.2 Å². The van der Waals surface area contributed by atoms with Gasteiger partial charge in [-0.25, -0.2) is 18.2 Å². The van der Waals surface area contributed by atoms with Crippen LogP contribution in [0, 0.1) is 17.5 Å². The number of nitrogens with one attached hydrogen (secondary N) is 1. The van der Waals surface area contributed by atoms with Crippen molar-refractivity contribution in [3.05, 3.63) is 89.2 Å². The summed E-state index contributed by atoms with van der Waals surface area (Å²) in [5.41, 5.74) is 2.33. The summed E-state index contributed by atoms with van der Waals surface area (Å²) in [5.74, 6) is -1.65. The monoisotopic (exact) mass is 441 g/mol. The van der Waals surface area contributed by atoms with Gasteiger partial charge in [0, 0.05) is 17.7 Å². The van der Waals surface area contributed by atoms with Crippen LogP contribution in [-0.2, 0) is 6.54 Å². The fourth-order valence-electron chi connectivity index (χ4n) is 3.27. The molecule has 0 fully saturated rings. The summed E-state index contributed by atoms with van der Waals surface area (Å²) in [5, 5.41) is 4.02. The van der Waals surface area contributed by atoms with E-state index in [1.54, 1.807) is 30.6 Å². The Hall–Kier alpha value is -3.65. The van der Waals surface area contributed by atoms with Crippen molar-refractivity contribution < 1.29 is 22.3 Å². The largest absolute Gasteiger partial charge is 0.354 e. The lowest BCUT2D eigenvalue weighted by atomic mass is 10.1. The third-order valence-electron chi connectivity index (χ3n) is 4.80. The molecule has 0 aliphatic carbocycles. The van der Waals surface area contributed by atoms with Crippen molar-refractivity contribution in [2.24, 2.45) is 0 Å². The summed E-state index contributed by atoms with van der Waals surface area (Å²) >= 11 is 5.72. The first-order valence-corrected chi connectivity index (χ1v) is 9.60. The van der Waals surface area contributed by atoms with E-state index in [2.05, 4.69) is 15.1 Å². The second-order valence-electron chi connectivity index (χ2n) is 6.91. The molecule has 0 aliphatic heterocycles. The Morgan fingerprint density at radius 1 is 1.03 bits per heavy atom. The first kappa shape index (κ1) is 19.3. The number of rotatable bonds is 4. The zero-order chi connectivity index (χ0) is 21.5. The maximum atomic E-state index is 14.1. The van der Waals surface area contributed by atoms with E-state index >= 15 is 0 Å². The minimum atomic E-state index is -0.956. The van der Waals surface area contributed by atoms with Crippen LogP contribution in [0.3, 0.4) is 0 Å². The van der Waals surface area contributed by atoms with Crippen LogP contribution in [0.1, 0.15) is 5.76 Å². The lowest BCUT2D eigenvalue weighted by Gasteiger charge is -1.99. The summed E-state index contributed by atoms with van der Waals surface area (Å²) in [6.45, 7) is 0.349. The molecule has 5 aromatic rings. The molecule has 0 saturated heterocycles. The van der Waals surface area contributed by atoms with Gasteiger partial charge in [0.05, 0.1) is 10.6 Å². The van der Waals surface area contributed by atoms with Gasteiger partial charge in [-0.2, -0.15) is 4.57 Å². The van der Waals surface area contributed by atoms with Crippen molar-refractivity contribution in [1.82, 2.24) is 15.1 Å². The highest BCUT2D eigenvalue weighted by Gasteiger charge is 2.17. The first-order valence-electron chi connectivity index (χ1n) is 9.22. The molecule has 31 heavy (non-hydrogen) atoms. The molecule has 0 spiro atoms. The highest BCUT2D eigenvalue weighted by Crippen LogP contribution is 2.25. The predicted octanol–water partition coefficient (Wildman–Crippen LogP) is 5.29. The summed E-state index contributed by atoms with van der Waals surface area (Å²) in [6, 6.07) is 11.8. The van der Waals surface area contributed by atoms with Crippen molar-refractivity contribution in [3.8, 4) is 22.6 Å². The van der Waals surface area contributed by atoms with E-state index in [-0.39, 0.29) is 16.4 Å². The van der Waals surface area contributed by atoms with Crippen molar-refractivity contribution in [1.29, 1.82) is 0 Å². The topological polar surface area (TPSA) is 58.6 Å². The van der Waals surface area contributed by atoms with E-state index in [1.165, 1.54) is 24.3 Å². The number of hydrogen-bond acceptors (Lipinski definition) is 3. The minimum absolute atomic E-state index is 0.0355. The SMILES string of the molecule is Fc1cc(-c2cc(C[n+]3ccc4nc(-c5cccc(F)c5F)[nH]c4c3)on2)ccc1Cl. The molecule has 0 radical (unpaired) electrons. The number of aromatic amines is 1. The molecule has 0 unspecified atom stereocenters. The van der Waals surface area contributed by atoms with Gasteiger partial charge in [-0.05, 0) is 24.3 Å². The second-order valence-corrected chi connectivity index (χ2v) is 7.32. The highest BCUT2D eigenvalue weighted by atomic mass is 35.5. The van der Waals surface area contributed by atoms with Gasteiger partial charge in [0.15, 0.2) is 24.0 Å². The van der Waals surface area contributed by atoms with Crippen molar-refractivity contribution in [2.45, 2.75) is 6.54 Å². The Labute approximate surface area is 178 Å². The Bertz CT molecular complexity index is 1430. The Balaban J connectivity index is 1.42. The van der Waals surface area contributed by atoms with E-state index < -0.39 is 17.5 Å². The number of benzene rings is 2. The number of fused-ring (bicyclic) bond motifs is 1. The van der Waals surface area contributed by atoms with Crippen LogP contribution in [0.25, 0.3) is 33.7 Å². The van der Waals surface area contributed by atoms with Gasteiger partial charge < -0.3 is 9.51 Å². The number of aromatic nitrogens is 4. The average molecular weight is 442 g/mol. The molecule has 0 aliphatic rings. The molecule has 5 nitrogen and oxygen atoms in total. The van der Waals surface area contributed by atoms with Crippen LogP contribution in [0.2, 0.25) is 5.02 Å². The van der Waals surface area contributed by atoms with Gasteiger partial charge in [0.25, 0.3) is 0 Å². The van der Waals surface area contributed by atoms with E-state index in [0.717, 1.165) is 6.07 Å². The molecule has 0 bridgehead atoms. The average Bonchev–Trinajstić information content (AvgIpc) is 3.39. The minimum Gasteiger partial charge on any atom is -0.354 e. The molecule has 9 heteroatoms. The van der Waals surface area contributed by atoms with Crippen LogP contribution in [-0.4, -0.2) is 15.1 Å². The van der Waals surface area contributed by atoms with Crippen molar-refractivity contribution in [2.75, 3.05) is 0 Å². The maximum absolute atomic E-state index is 14.1. The number of hydrogen-bond donors (Lipinski definition) is 1. The van der Waals surface area contributed by atoms with E-state index in [1.807, 2.05) is 4.57 Å². The van der Waals surface area contributed by atoms with E-state index in [4.69, 9.17) is 16.1 Å². The fraction of sp³-hybridized carbons (Fsp3) is 0.0455. The lowest BCUT2D eigenvalue weighted by Crippen LogP contribution is -2.32. The Kier molecular flexibility index (Phi) is 4.71. The predicted molar refractivity (Wildman–Crippen MR) is 108 cm³/mol. The Morgan fingerprint density at radius 2 is 1.90 bits per heavy atom. The van der Waals surface area contributed by atoms with Gasteiger partial charge >= 0.3 is 0 Å². The molecule has 0 amide bonds. The van der Waals surface area contributed by atoms with Gasteiger partial charge in [0.1, 0.15) is 28.4 Å². The van der Waals surface area contributed by atoms with Crippen LogP contribution >= 0.6 is 11.6 Å². The van der Waals surface area contributed by atoms with Gasteiger partial charge in [-0.1, -0.05) is 28.9 Å². The molecule has 2 aromatic carbocycles. The summed E-state index contributed by atoms with van der Waals surface area (Å²) < 4.78 is 48.5. The number of pyridine rings is 1. The molecule has 3 heterocycles. The van der Waals surface area contributed by atoms with E-state index in [0.29, 0.717) is 34.6 Å². The quantitative estimate of drug-likeness (QED) is 0.385. The van der Waals surface area contributed by atoms with Gasteiger partial charge in [0.2, 0.25) is 12.3 Å². The van der Waals surface area contributed by atoms with Gasteiger partial charge in [-0.3, -0.25) is 0 Å². The number of imidazole rings is 1. The van der Waals surface area contributed by atoms with Crippen LogP contribution in [0.5, 0.6) is 0 Å². The molecule has 3 aromatic heterocycles. The first-order chi connectivity index (χ1) is 15.0. The fourth-order valence-corrected chi connectivity index (χ4v) is 3.39. The van der Waals surface area contributed by atoms with Crippen molar-refractivity contribution in [3.63, 3.8) is 0 Å². The molecule has 0 saturated carbocycles. The second kappa shape index (κ2) is 7.55. The molecule has 1 N–H and O–H groups in total. The molecule has 154 valence electrons. The third-order valence-corrected chi connectivity index (χ3v) is 5.11. The number of halogens is 4. The lowest BCUT2D eigenvalue weighted by molar-refractivity contribution is -0.688. The highest BCUT2D eigenvalue weighted by molar-refractivity contribution is 6.30. The summed E-state index contributed by atoms with van der Waals surface area (Å²) in [4.78, 5) is 7.34. The van der Waals surface area contributed by atoms with Gasteiger partial charge in [-0.15, -0.1) is 0 Å². The zero-order valence-electron chi connectivity index (χ0n) is 15.7. The summed E-state index contributed by atoms with van der Waals surface area (Å²) in [6.07, 6.45) is 3.55. The molecule has 5 rings (SSSR count). The number of nitrogens with zero attached hydrogens (tertiary/aromatic N) is 3. The third kappa shape index (κ3) is 3.66. The standard InChI is InChI=1S/C22H12ClF3N4O/c23-15-5-4-12(8-17(15)25)19-9-13(31-29-19)10-30-7-6-18-20(11-30)28-22(27-18)14-2-1-3-16(24)21(14)26/h1-9,11H,10H2/p+1. The molecular weight excluding hydrogens is 429 g/mol.